The fourth-order valence-corrected chi connectivity index (χ4v) is 2.07. The average Bonchev–Trinajstić information content (AvgIpc) is 2.36. The van der Waals surface area contributed by atoms with E-state index < -0.39 is 0 Å². The minimum Gasteiger partial charge on any atom is -0.457 e. The van der Waals surface area contributed by atoms with Crippen molar-refractivity contribution in [2.45, 2.75) is 33.7 Å². The molecule has 0 aromatic heterocycles. The fraction of sp³-hybridized carbons (Fsp3) is 0.294. The Balaban J connectivity index is 2.26. The highest BCUT2D eigenvalue weighted by atomic mass is 16.5. The van der Waals surface area contributed by atoms with Gasteiger partial charge in [-0.1, -0.05) is 18.2 Å². The number of nitrogens with two attached hydrogens (primary N) is 1. The lowest BCUT2D eigenvalue weighted by molar-refractivity contribution is 0.477. The minimum atomic E-state index is 0.0528. The van der Waals surface area contributed by atoms with Crippen LogP contribution < -0.4 is 10.5 Å². The normalized spacial score (nSPS) is 12.3. The zero-order valence-corrected chi connectivity index (χ0v) is 12.0. The molecule has 2 rings (SSSR count). The summed E-state index contributed by atoms with van der Waals surface area (Å²) in [5.74, 6) is 1.77. The van der Waals surface area contributed by atoms with Crippen molar-refractivity contribution in [3.63, 3.8) is 0 Å². The highest BCUT2D eigenvalue weighted by molar-refractivity contribution is 5.44. The molecule has 2 nitrogen and oxygen atoms in total. The van der Waals surface area contributed by atoms with E-state index in [4.69, 9.17) is 10.5 Å². The molecule has 0 saturated carbocycles. The van der Waals surface area contributed by atoms with Crippen LogP contribution in [-0.4, -0.2) is 0 Å². The van der Waals surface area contributed by atoms with Gasteiger partial charge < -0.3 is 10.5 Å². The summed E-state index contributed by atoms with van der Waals surface area (Å²) < 4.78 is 5.96. The Bertz CT molecular complexity index is 571. The van der Waals surface area contributed by atoms with Crippen LogP contribution in [0.1, 0.15) is 35.2 Å². The van der Waals surface area contributed by atoms with Gasteiger partial charge in [0.2, 0.25) is 0 Å². The first kappa shape index (κ1) is 13.6. The van der Waals surface area contributed by atoms with Gasteiger partial charge in [-0.2, -0.15) is 0 Å². The van der Waals surface area contributed by atoms with Crippen LogP contribution in [0.4, 0.5) is 0 Å². The predicted octanol–water partition coefficient (Wildman–Crippen LogP) is 4.42. The Morgan fingerprint density at radius 1 is 1.00 bits per heavy atom. The average molecular weight is 255 g/mol. The zero-order valence-electron chi connectivity index (χ0n) is 12.0. The molecule has 19 heavy (non-hydrogen) atoms. The molecule has 2 aromatic carbocycles. The number of ether oxygens (including phenoxy) is 1. The third-order valence-electron chi connectivity index (χ3n) is 3.40. The molecule has 2 heteroatoms. The smallest absolute Gasteiger partial charge is 0.130 e. The second-order valence-electron chi connectivity index (χ2n) is 5.16. The quantitative estimate of drug-likeness (QED) is 0.881. The minimum absolute atomic E-state index is 0.0528. The highest BCUT2D eigenvalue weighted by Gasteiger charge is 2.06. The van der Waals surface area contributed by atoms with Gasteiger partial charge >= 0.3 is 0 Å². The van der Waals surface area contributed by atoms with Gasteiger partial charge in [-0.05, 0) is 68.1 Å². The van der Waals surface area contributed by atoms with E-state index in [9.17, 15) is 0 Å². The molecule has 0 aliphatic heterocycles. The maximum absolute atomic E-state index is 5.96. The maximum Gasteiger partial charge on any atom is 0.130 e. The summed E-state index contributed by atoms with van der Waals surface area (Å²) in [4.78, 5) is 0. The SMILES string of the molecule is Cc1cc(C)c(C)c(Oc2ccc([C@@H](C)N)cc2)c1. The van der Waals surface area contributed by atoms with E-state index in [1.165, 1.54) is 16.7 Å². The third kappa shape index (κ3) is 3.15. The monoisotopic (exact) mass is 255 g/mol. The molecule has 100 valence electrons. The van der Waals surface area contributed by atoms with Gasteiger partial charge in [-0.15, -0.1) is 0 Å². The van der Waals surface area contributed by atoms with Gasteiger partial charge in [0.1, 0.15) is 11.5 Å². The molecule has 0 bridgehead atoms. The maximum atomic E-state index is 5.96. The van der Waals surface area contributed by atoms with Gasteiger partial charge in [-0.25, -0.2) is 0 Å². The summed E-state index contributed by atoms with van der Waals surface area (Å²) in [5, 5.41) is 0. The highest BCUT2D eigenvalue weighted by Crippen LogP contribution is 2.29. The summed E-state index contributed by atoms with van der Waals surface area (Å²) in [7, 11) is 0. The van der Waals surface area contributed by atoms with Crippen LogP contribution in [0.5, 0.6) is 11.5 Å². The Labute approximate surface area is 115 Å². The molecule has 0 spiro atoms. The van der Waals surface area contributed by atoms with Crippen molar-refractivity contribution in [1.29, 1.82) is 0 Å². The summed E-state index contributed by atoms with van der Waals surface area (Å²) in [5.41, 5.74) is 10.6. The molecule has 0 aliphatic carbocycles. The van der Waals surface area contributed by atoms with Crippen molar-refractivity contribution in [2.24, 2.45) is 5.73 Å². The van der Waals surface area contributed by atoms with Crippen molar-refractivity contribution in [3.8, 4) is 11.5 Å². The van der Waals surface area contributed by atoms with Crippen LogP contribution in [0.2, 0.25) is 0 Å². The first-order chi connectivity index (χ1) is 8.97. The van der Waals surface area contributed by atoms with Crippen LogP contribution in [0.3, 0.4) is 0 Å². The number of benzene rings is 2. The van der Waals surface area contributed by atoms with E-state index in [1.807, 2.05) is 31.2 Å². The fourth-order valence-electron chi connectivity index (χ4n) is 2.07. The molecule has 0 amide bonds. The second kappa shape index (κ2) is 5.45. The molecule has 2 aromatic rings. The molecule has 0 heterocycles. The predicted molar refractivity (Wildman–Crippen MR) is 79.8 cm³/mol. The molecular formula is C17H21NO. The van der Waals surface area contributed by atoms with Gasteiger partial charge in [-0.3, -0.25) is 0 Å². The molecule has 0 saturated heterocycles. The van der Waals surface area contributed by atoms with Crippen LogP contribution in [-0.2, 0) is 0 Å². The van der Waals surface area contributed by atoms with E-state index in [1.54, 1.807) is 0 Å². The molecule has 2 N–H and O–H groups in total. The molecule has 1 atom stereocenters. The van der Waals surface area contributed by atoms with E-state index in [-0.39, 0.29) is 6.04 Å². The zero-order chi connectivity index (χ0) is 14.0. The molecule has 0 unspecified atom stereocenters. The number of rotatable bonds is 3. The Morgan fingerprint density at radius 2 is 1.63 bits per heavy atom. The molecule has 0 aliphatic rings. The van der Waals surface area contributed by atoms with Crippen LogP contribution >= 0.6 is 0 Å². The van der Waals surface area contributed by atoms with Crippen LogP contribution in [0.15, 0.2) is 36.4 Å². The lowest BCUT2D eigenvalue weighted by Crippen LogP contribution is -2.04. The van der Waals surface area contributed by atoms with Gasteiger partial charge in [0.05, 0.1) is 0 Å². The van der Waals surface area contributed by atoms with Crippen molar-refractivity contribution in [1.82, 2.24) is 0 Å². The van der Waals surface area contributed by atoms with Gasteiger partial charge in [0.25, 0.3) is 0 Å². The molecular weight excluding hydrogens is 234 g/mol. The summed E-state index contributed by atoms with van der Waals surface area (Å²) >= 11 is 0. The van der Waals surface area contributed by atoms with Gasteiger partial charge in [0.15, 0.2) is 0 Å². The van der Waals surface area contributed by atoms with Crippen LogP contribution in [0.25, 0.3) is 0 Å². The lowest BCUT2D eigenvalue weighted by Gasteiger charge is -2.13. The Kier molecular flexibility index (Phi) is 3.91. The Hall–Kier alpha value is -1.80. The van der Waals surface area contributed by atoms with Crippen molar-refractivity contribution >= 4 is 0 Å². The van der Waals surface area contributed by atoms with E-state index >= 15 is 0 Å². The summed E-state index contributed by atoms with van der Waals surface area (Å²) in [6, 6.07) is 12.3. The molecule has 0 fully saturated rings. The second-order valence-corrected chi connectivity index (χ2v) is 5.16. The molecule has 0 radical (unpaired) electrons. The van der Waals surface area contributed by atoms with E-state index in [0.29, 0.717) is 0 Å². The largest absolute Gasteiger partial charge is 0.457 e. The topological polar surface area (TPSA) is 35.2 Å². The van der Waals surface area contributed by atoms with Gasteiger partial charge in [0, 0.05) is 6.04 Å². The van der Waals surface area contributed by atoms with Crippen molar-refractivity contribution in [2.75, 3.05) is 0 Å². The third-order valence-corrected chi connectivity index (χ3v) is 3.40. The van der Waals surface area contributed by atoms with Crippen molar-refractivity contribution in [3.05, 3.63) is 58.7 Å². The number of hydrogen-bond acceptors (Lipinski definition) is 2. The standard InChI is InChI=1S/C17H21NO/c1-11-9-12(2)13(3)17(10-11)19-16-7-5-15(6-8-16)14(4)18/h5-10,14H,18H2,1-4H3/t14-/m1/s1. The first-order valence-electron chi connectivity index (χ1n) is 6.58. The van der Waals surface area contributed by atoms with Crippen LogP contribution in [0, 0.1) is 20.8 Å². The lowest BCUT2D eigenvalue weighted by atomic mass is 10.1. The Morgan fingerprint density at radius 3 is 2.21 bits per heavy atom. The van der Waals surface area contributed by atoms with Crippen molar-refractivity contribution < 1.29 is 4.74 Å². The van der Waals surface area contributed by atoms with E-state index in [0.717, 1.165) is 17.1 Å². The summed E-state index contributed by atoms with van der Waals surface area (Å²) in [6.45, 7) is 8.25. The number of aryl methyl sites for hydroxylation is 2. The first-order valence-corrected chi connectivity index (χ1v) is 6.58. The van der Waals surface area contributed by atoms with E-state index in [2.05, 4.69) is 32.9 Å². The number of hydrogen-bond donors (Lipinski definition) is 1. The summed E-state index contributed by atoms with van der Waals surface area (Å²) in [6.07, 6.45) is 0.